The van der Waals surface area contributed by atoms with Crippen LogP contribution in [0.1, 0.15) is 28.4 Å². The highest BCUT2D eigenvalue weighted by atomic mass is 35.5. The Balaban J connectivity index is 1.87. The van der Waals surface area contributed by atoms with Crippen molar-refractivity contribution in [2.75, 3.05) is 5.32 Å². The summed E-state index contributed by atoms with van der Waals surface area (Å²) in [6.07, 6.45) is 0.281. The Morgan fingerprint density at radius 1 is 0.929 bits per heavy atom. The largest absolute Gasteiger partial charge is 0.326 e. The number of benzene rings is 3. The van der Waals surface area contributed by atoms with Gasteiger partial charge < -0.3 is 11.1 Å². The van der Waals surface area contributed by atoms with Crippen LogP contribution >= 0.6 is 11.6 Å². The molecule has 28 heavy (non-hydrogen) atoms. The highest BCUT2D eigenvalue weighted by Crippen LogP contribution is 2.26. The number of nitrogens with two attached hydrogens (primary N) is 1. The quantitative estimate of drug-likeness (QED) is 0.629. The fourth-order valence-electron chi connectivity index (χ4n) is 3.01. The molecule has 0 aliphatic carbocycles. The standard InChI is InChI=1S/C23H21ClN2O2/c1-15(27)11-18-5-2-3-8-22(18)26-23(28)19-7-4-6-16(12-19)17-9-10-21(24)20(13-17)14-25/h2-10,12-13H,11,14,25H2,1H3,(H,26,28). The Morgan fingerprint density at radius 2 is 1.68 bits per heavy atom. The third kappa shape index (κ3) is 4.66. The first-order valence-corrected chi connectivity index (χ1v) is 9.33. The zero-order chi connectivity index (χ0) is 20.1. The van der Waals surface area contributed by atoms with Crippen LogP contribution in [0.3, 0.4) is 0 Å². The number of amides is 1. The zero-order valence-electron chi connectivity index (χ0n) is 15.5. The van der Waals surface area contributed by atoms with Crippen LogP contribution in [0, 0.1) is 0 Å². The second-order valence-corrected chi connectivity index (χ2v) is 6.99. The maximum absolute atomic E-state index is 12.8. The monoisotopic (exact) mass is 392 g/mol. The molecule has 4 nitrogen and oxygen atoms in total. The molecule has 0 saturated carbocycles. The molecule has 0 aliphatic rings. The molecule has 0 unspecified atom stereocenters. The van der Waals surface area contributed by atoms with Gasteiger partial charge in [-0.15, -0.1) is 0 Å². The van der Waals surface area contributed by atoms with Crippen molar-refractivity contribution in [3.63, 3.8) is 0 Å². The van der Waals surface area contributed by atoms with E-state index in [0.29, 0.717) is 22.8 Å². The number of Topliss-reactive ketones (excluding diaryl/α,β-unsaturated/α-hetero) is 1. The van der Waals surface area contributed by atoms with E-state index in [1.165, 1.54) is 6.92 Å². The Morgan fingerprint density at radius 3 is 2.43 bits per heavy atom. The molecule has 0 radical (unpaired) electrons. The van der Waals surface area contributed by atoms with Crippen LogP contribution in [0.4, 0.5) is 5.69 Å². The topological polar surface area (TPSA) is 72.2 Å². The van der Waals surface area contributed by atoms with Crippen molar-refractivity contribution in [2.45, 2.75) is 19.9 Å². The second kappa shape index (κ2) is 8.83. The van der Waals surface area contributed by atoms with Crippen molar-refractivity contribution in [2.24, 2.45) is 5.73 Å². The summed E-state index contributed by atoms with van der Waals surface area (Å²) in [6.45, 7) is 1.88. The minimum atomic E-state index is -0.231. The van der Waals surface area contributed by atoms with E-state index >= 15 is 0 Å². The Kier molecular flexibility index (Phi) is 6.24. The summed E-state index contributed by atoms with van der Waals surface area (Å²) in [4.78, 5) is 24.2. The zero-order valence-corrected chi connectivity index (χ0v) is 16.3. The average molecular weight is 393 g/mol. The van der Waals surface area contributed by atoms with Crippen LogP contribution in [-0.2, 0) is 17.8 Å². The maximum Gasteiger partial charge on any atom is 0.255 e. The summed E-state index contributed by atoms with van der Waals surface area (Å²) in [5, 5.41) is 3.54. The number of hydrogen-bond acceptors (Lipinski definition) is 3. The van der Waals surface area contributed by atoms with Gasteiger partial charge in [-0.1, -0.05) is 48.0 Å². The average Bonchev–Trinajstić information content (AvgIpc) is 2.69. The molecule has 3 aromatic rings. The van der Waals surface area contributed by atoms with Gasteiger partial charge in [0.2, 0.25) is 0 Å². The first-order valence-electron chi connectivity index (χ1n) is 8.95. The number of halogens is 1. The summed E-state index contributed by atoms with van der Waals surface area (Å²) in [7, 11) is 0. The van der Waals surface area contributed by atoms with E-state index in [4.69, 9.17) is 17.3 Å². The van der Waals surface area contributed by atoms with Gasteiger partial charge in [0, 0.05) is 29.2 Å². The molecule has 0 atom stereocenters. The molecular weight excluding hydrogens is 372 g/mol. The number of anilines is 1. The molecule has 3 aromatic carbocycles. The summed E-state index contributed by atoms with van der Waals surface area (Å²) < 4.78 is 0. The van der Waals surface area contributed by atoms with E-state index in [9.17, 15) is 9.59 Å². The highest BCUT2D eigenvalue weighted by molar-refractivity contribution is 6.31. The van der Waals surface area contributed by atoms with E-state index in [-0.39, 0.29) is 18.1 Å². The lowest BCUT2D eigenvalue weighted by Gasteiger charge is -2.11. The Labute approximate surface area is 169 Å². The van der Waals surface area contributed by atoms with Crippen LogP contribution in [-0.4, -0.2) is 11.7 Å². The molecule has 0 bridgehead atoms. The Hall–Kier alpha value is -2.95. The normalized spacial score (nSPS) is 10.5. The van der Waals surface area contributed by atoms with Crippen LogP contribution in [0.15, 0.2) is 66.7 Å². The molecule has 142 valence electrons. The van der Waals surface area contributed by atoms with E-state index in [1.54, 1.807) is 12.1 Å². The molecule has 0 saturated heterocycles. The molecule has 3 rings (SSSR count). The van der Waals surface area contributed by atoms with Crippen molar-refractivity contribution < 1.29 is 9.59 Å². The molecule has 0 aliphatic heterocycles. The van der Waals surface area contributed by atoms with E-state index in [1.807, 2.05) is 54.6 Å². The van der Waals surface area contributed by atoms with Crippen LogP contribution in [0.25, 0.3) is 11.1 Å². The first kappa shape index (κ1) is 19.8. The summed E-state index contributed by atoms with van der Waals surface area (Å²) >= 11 is 6.14. The lowest BCUT2D eigenvalue weighted by atomic mass is 10.0. The molecule has 3 N–H and O–H groups in total. The number of carbonyl (C=O) groups is 2. The van der Waals surface area contributed by atoms with Crippen molar-refractivity contribution in [1.82, 2.24) is 0 Å². The number of nitrogens with one attached hydrogen (secondary N) is 1. The molecule has 0 aromatic heterocycles. The SMILES string of the molecule is CC(=O)Cc1ccccc1NC(=O)c1cccc(-c2ccc(Cl)c(CN)c2)c1. The smallest absolute Gasteiger partial charge is 0.255 e. The summed E-state index contributed by atoms with van der Waals surface area (Å²) in [5.74, 6) is -0.187. The third-order valence-electron chi connectivity index (χ3n) is 4.43. The number of para-hydroxylation sites is 1. The predicted octanol–water partition coefficient (Wildman–Crippen LogP) is 4.85. The molecule has 5 heteroatoms. The molecule has 0 heterocycles. The van der Waals surface area contributed by atoms with Gasteiger partial charge in [-0.25, -0.2) is 0 Å². The number of rotatable bonds is 6. The van der Waals surface area contributed by atoms with Crippen molar-refractivity contribution >= 4 is 29.0 Å². The van der Waals surface area contributed by atoms with Gasteiger partial charge in [-0.2, -0.15) is 0 Å². The fraction of sp³-hybridized carbons (Fsp3) is 0.130. The van der Waals surface area contributed by atoms with Crippen LogP contribution < -0.4 is 11.1 Å². The van der Waals surface area contributed by atoms with Gasteiger partial charge in [0.25, 0.3) is 5.91 Å². The lowest BCUT2D eigenvalue weighted by Crippen LogP contribution is -2.14. The third-order valence-corrected chi connectivity index (χ3v) is 4.80. The van der Waals surface area contributed by atoms with Gasteiger partial charge in [0.15, 0.2) is 0 Å². The van der Waals surface area contributed by atoms with E-state index in [0.717, 1.165) is 22.3 Å². The fourth-order valence-corrected chi connectivity index (χ4v) is 3.20. The van der Waals surface area contributed by atoms with Crippen LogP contribution in [0.2, 0.25) is 5.02 Å². The van der Waals surface area contributed by atoms with E-state index < -0.39 is 0 Å². The minimum Gasteiger partial charge on any atom is -0.326 e. The van der Waals surface area contributed by atoms with Gasteiger partial charge in [0.05, 0.1) is 0 Å². The van der Waals surface area contributed by atoms with Gasteiger partial charge in [-0.05, 0) is 59.5 Å². The second-order valence-electron chi connectivity index (χ2n) is 6.58. The van der Waals surface area contributed by atoms with Crippen molar-refractivity contribution in [1.29, 1.82) is 0 Å². The van der Waals surface area contributed by atoms with Gasteiger partial charge >= 0.3 is 0 Å². The predicted molar refractivity (Wildman–Crippen MR) is 114 cm³/mol. The summed E-state index contributed by atoms with van der Waals surface area (Å²) in [6, 6.07) is 20.3. The van der Waals surface area contributed by atoms with Gasteiger partial charge in [0.1, 0.15) is 5.78 Å². The molecular formula is C23H21ClN2O2. The molecule has 1 amide bonds. The van der Waals surface area contributed by atoms with Crippen molar-refractivity contribution in [3.05, 3.63) is 88.4 Å². The van der Waals surface area contributed by atoms with Crippen molar-refractivity contribution in [3.8, 4) is 11.1 Å². The number of hydrogen-bond donors (Lipinski definition) is 2. The Bertz CT molecular complexity index is 1030. The lowest BCUT2D eigenvalue weighted by molar-refractivity contribution is -0.116. The van der Waals surface area contributed by atoms with Gasteiger partial charge in [-0.3, -0.25) is 9.59 Å². The number of carbonyl (C=O) groups excluding carboxylic acids is 2. The minimum absolute atomic E-state index is 0.0437. The highest BCUT2D eigenvalue weighted by Gasteiger charge is 2.11. The van der Waals surface area contributed by atoms with Crippen LogP contribution in [0.5, 0.6) is 0 Å². The maximum atomic E-state index is 12.8. The summed E-state index contributed by atoms with van der Waals surface area (Å²) in [5.41, 5.74) is 10.4. The van der Waals surface area contributed by atoms with E-state index in [2.05, 4.69) is 5.32 Å². The number of ketones is 1. The molecule has 0 spiro atoms. The first-order chi connectivity index (χ1) is 13.5. The molecule has 0 fully saturated rings.